The van der Waals surface area contributed by atoms with Gasteiger partial charge in [0.05, 0.1) is 18.2 Å². The van der Waals surface area contributed by atoms with Crippen LogP contribution in [0.2, 0.25) is 0 Å². The van der Waals surface area contributed by atoms with Crippen LogP contribution in [0.15, 0.2) is 0 Å². The van der Waals surface area contributed by atoms with Gasteiger partial charge in [-0.3, -0.25) is 4.79 Å². The number of nitrogens with one attached hydrogen (secondary N) is 1. The van der Waals surface area contributed by atoms with E-state index in [4.69, 9.17) is 0 Å². The molecule has 0 aromatic rings. The molecule has 3 rings (SSSR count). The highest BCUT2D eigenvalue weighted by molar-refractivity contribution is 5.83. The van der Waals surface area contributed by atoms with Crippen molar-refractivity contribution in [2.75, 3.05) is 19.6 Å². The van der Waals surface area contributed by atoms with Crippen LogP contribution in [0.1, 0.15) is 19.3 Å². The monoisotopic (exact) mass is 240 g/mol. The van der Waals surface area contributed by atoms with Crippen molar-refractivity contribution >= 4 is 5.91 Å². The fourth-order valence-corrected chi connectivity index (χ4v) is 3.60. The molecule has 17 heavy (non-hydrogen) atoms. The highest BCUT2D eigenvalue weighted by atomic mass is 16.3. The second kappa shape index (κ2) is 4.23. The van der Waals surface area contributed by atoms with E-state index in [1.165, 1.54) is 12.8 Å². The molecule has 2 heterocycles. The SMILES string of the molecule is O=C(C1NCC2CCCC21)N1CC(O)C(O)C1. The molecule has 5 unspecified atom stereocenters. The number of hydrogen-bond acceptors (Lipinski definition) is 4. The smallest absolute Gasteiger partial charge is 0.240 e. The Bertz CT molecular complexity index is 313. The zero-order valence-electron chi connectivity index (χ0n) is 9.88. The summed E-state index contributed by atoms with van der Waals surface area (Å²) in [5.74, 6) is 1.19. The van der Waals surface area contributed by atoms with Gasteiger partial charge in [-0.1, -0.05) is 6.42 Å². The number of carbonyl (C=O) groups is 1. The highest BCUT2D eigenvalue weighted by Crippen LogP contribution is 2.38. The van der Waals surface area contributed by atoms with Crippen LogP contribution < -0.4 is 5.32 Å². The van der Waals surface area contributed by atoms with Gasteiger partial charge in [0.1, 0.15) is 0 Å². The summed E-state index contributed by atoms with van der Waals surface area (Å²) in [5.41, 5.74) is 0. The van der Waals surface area contributed by atoms with Gasteiger partial charge in [0.25, 0.3) is 0 Å². The van der Waals surface area contributed by atoms with E-state index in [0.717, 1.165) is 13.0 Å². The van der Waals surface area contributed by atoms with Gasteiger partial charge >= 0.3 is 0 Å². The fourth-order valence-electron chi connectivity index (χ4n) is 3.60. The van der Waals surface area contributed by atoms with E-state index in [1.54, 1.807) is 4.90 Å². The minimum absolute atomic E-state index is 0.0648. The molecule has 0 radical (unpaired) electrons. The van der Waals surface area contributed by atoms with Gasteiger partial charge in [-0.15, -0.1) is 0 Å². The topological polar surface area (TPSA) is 72.8 Å². The third-order valence-corrected chi connectivity index (χ3v) is 4.58. The van der Waals surface area contributed by atoms with E-state index >= 15 is 0 Å². The van der Waals surface area contributed by atoms with Gasteiger partial charge in [0, 0.05) is 13.1 Å². The molecule has 2 saturated heterocycles. The first-order chi connectivity index (χ1) is 8.16. The first-order valence-corrected chi connectivity index (χ1v) is 6.55. The van der Waals surface area contributed by atoms with Gasteiger partial charge in [-0.2, -0.15) is 0 Å². The van der Waals surface area contributed by atoms with Crippen molar-refractivity contribution < 1.29 is 15.0 Å². The number of rotatable bonds is 1. The predicted molar refractivity (Wildman–Crippen MR) is 61.2 cm³/mol. The Morgan fingerprint density at radius 2 is 1.88 bits per heavy atom. The second-order valence-electron chi connectivity index (χ2n) is 5.62. The Morgan fingerprint density at radius 1 is 1.18 bits per heavy atom. The van der Waals surface area contributed by atoms with Crippen LogP contribution in [-0.2, 0) is 4.79 Å². The maximum atomic E-state index is 12.3. The van der Waals surface area contributed by atoms with Crippen LogP contribution in [0.5, 0.6) is 0 Å². The summed E-state index contributed by atoms with van der Waals surface area (Å²) in [5, 5.41) is 22.3. The van der Waals surface area contributed by atoms with Gasteiger partial charge in [-0.25, -0.2) is 0 Å². The number of aliphatic hydroxyl groups is 2. The van der Waals surface area contributed by atoms with Gasteiger partial charge in [-0.05, 0) is 31.2 Å². The van der Waals surface area contributed by atoms with Crippen molar-refractivity contribution in [3.05, 3.63) is 0 Å². The van der Waals surface area contributed by atoms with E-state index in [2.05, 4.69) is 5.32 Å². The fraction of sp³-hybridized carbons (Fsp3) is 0.917. The van der Waals surface area contributed by atoms with Crippen molar-refractivity contribution in [3.8, 4) is 0 Å². The second-order valence-corrected chi connectivity index (χ2v) is 5.62. The van der Waals surface area contributed by atoms with Crippen LogP contribution in [-0.4, -0.2) is 58.9 Å². The molecule has 2 aliphatic heterocycles. The van der Waals surface area contributed by atoms with Crippen LogP contribution >= 0.6 is 0 Å². The molecule has 1 aliphatic carbocycles. The molecule has 1 amide bonds. The summed E-state index contributed by atoms with van der Waals surface area (Å²) < 4.78 is 0. The third-order valence-electron chi connectivity index (χ3n) is 4.58. The lowest BCUT2D eigenvalue weighted by Crippen LogP contribution is -2.45. The Balaban J connectivity index is 1.67. The maximum absolute atomic E-state index is 12.3. The summed E-state index contributed by atoms with van der Waals surface area (Å²) in [6, 6.07) is -0.0833. The van der Waals surface area contributed by atoms with Crippen molar-refractivity contribution in [3.63, 3.8) is 0 Å². The molecule has 3 fully saturated rings. The number of aliphatic hydroxyl groups excluding tert-OH is 2. The number of carbonyl (C=O) groups excluding carboxylic acids is 1. The molecule has 0 aromatic heterocycles. The standard InChI is InChI=1S/C12H20N2O3/c15-9-5-14(6-10(9)16)12(17)11-8-3-1-2-7(8)4-13-11/h7-11,13,15-16H,1-6H2. The summed E-state index contributed by atoms with van der Waals surface area (Å²) in [6.07, 6.45) is 2.03. The number of β-amino-alcohol motifs (C(OH)–C–C–N with tert-alkyl or cyclic N) is 2. The number of nitrogens with zero attached hydrogens (tertiary/aromatic N) is 1. The molecule has 0 spiro atoms. The lowest BCUT2D eigenvalue weighted by molar-refractivity contribution is -0.133. The maximum Gasteiger partial charge on any atom is 0.240 e. The summed E-state index contributed by atoms with van der Waals surface area (Å²) in [4.78, 5) is 13.9. The molecule has 0 aromatic carbocycles. The molecule has 96 valence electrons. The molecule has 3 N–H and O–H groups in total. The number of hydrogen-bond donors (Lipinski definition) is 3. The van der Waals surface area contributed by atoms with Crippen LogP contribution in [0.25, 0.3) is 0 Å². The van der Waals surface area contributed by atoms with Crippen molar-refractivity contribution in [2.24, 2.45) is 11.8 Å². The third kappa shape index (κ3) is 1.86. The predicted octanol–water partition coefficient (Wildman–Crippen LogP) is -1.06. The average molecular weight is 240 g/mol. The number of likely N-dealkylation sites (tertiary alicyclic amines) is 1. The lowest BCUT2D eigenvalue weighted by atomic mass is 9.93. The van der Waals surface area contributed by atoms with Crippen LogP contribution in [0, 0.1) is 11.8 Å². The molecule has 5 nitrogen and oxygen atoms in total. The Morgan fingerprint density at radius 3 is 2.59 bits per heavy atom. The average Bonchev–Trinajstić information content (AvgIpc) is 2.94. The molecule has 3 aliphatic rings. The van der Waals surface area contributed by atoms with E-state index in [-0.39, 0.29) is 25.0 Å². The van der Waals surface area contributed by atoms with E-state index in [0.29, 0.717) is 11.8 Å². The van der Waals surface area contributed by atoms with E-state index in [9.17, 15) is 15.0 Å². The zero-order valence-corrected chi connectivity index (χ0v) is 9.88. The van der Waals surface area contributed by atoms with Crippen molar-refractivity contribution in [1.82, 2.24) is 10.2 Å². The van der Waals surface area contributed by atoms with Gasteiger partial charge < -0.3 is 20.4 Å². The highest BCUT2D eigenvalue weighted by Gasteiger charge is 2.45. The first kappa shape index (κ1) is 11.4. The minimum atomic E-state index is -0.778. The Hall–Kier alpha value is -0.650. The van der Waals surface area contributed by atoms with E-state index < -0.39 is 12.2 Å². The quantitative estimate of drug-likeness (QED) is 0.546. The van der Waals surface area contributed by atoms with Gasteiger partial charge in [0.2, 0.25) is 5.91 Å². The first-order valence-electron chi connectivity index (χ1n) is 6.55. The molecule has 1 saturated carbocycles. The minimum Gasteiger partial charge on any atom is -0.388 e. The van der Waals surface area contributed by atoms with Gasteiger partial charge in [0.15, 0.2) is 0 Å². The summed E-state index contributed by atoms with van der Waals surface area (Å²) >= 11 is 0. The number of amides is 1. The Kier molecular flexibility index (Phi) is 2.84. The lowest BCUT2D eigenvalue weighted by Gasteiger charge is -2.23. The van der Waals surface area contributed by atoms with Crippen LogP contribution in [0.4, 0.5) is 0 Å². The molecule has 0 bridgehead atoms. The molecule has 5 heteroatoms. The summed E-state index contributed by atoms with van der Waals surface area (Å²) in [6.45, 7) is 1.49. The van der Waals surface area contributed by atoms with E-state index in [1.807, 2.05) is 0 Å². The largest absolute Gasteiger partial charge is 0.388 e. The molecular formula is C12H20N2O3. The normalized spacial score (nSPS) is 45.3. The Labute approximate surface area is 101 Å². The van der Waals surface area contributed by atoms with Crippen LogP contribution in [0.3, 0.4) is 0 Å². The summed E-state index contributed by atoms with van der Waals surface area (Å²) in [7, 11) is 0. The van der Waals surface area contributed by atoms with Crippen molar-refractivity contribution in [1.29, 1.82) is 0 Å². The van der Waals surface area contributed by atoms with Crippen molar-refractivity contribution in [2.45, 2.75) is 37.5 Å². The zero-order chi connectivity index (χ0) is 12.0. The molecular weight excluding hydrogens is 220 g/mol. The molecule has 5 atom stereocenters. The number of fused-ring (bicyclic) bond motifs is 1.